The van der Waals surface area contributed by atoms with Gasteiger partial charge in [-0.05, 0) is 47.1 Å². The Hall–Kier alpha value is -1.11. The molecule has 0 saturated heterocycles. The lowest BCUT2D eigenvalue weighted by Crippen LogP contribution is -2.16. The summed E-state index contributed by atoms with van der Waals surface area (Å²) in [5.41, 5.74) is 3.26. The maximum absolute atomic E-state index is 12.7. The number of ketones is 1. The summed E-state index contributed by atoms with van der Waals surface area (Å²) in [6, 6.07) is 8.70. The number of Topliss-reactive ketones (excluding diaryl/α,β-unsaturated/α-hetero) is 1. The fourth-order valence-corrected chi connectivity index (χ4v) is 4.43. The van der Waals surface area contributed by atoms with Gasteiger partial charge >= 0.3 is 0 Å². The van der Waals surface area contributed by atoms with E-state index in [1.54, 1.807) is 0 Å². The Morgan fingerprint density at radius 2 is 1.80 bits per heavy atom. The summed E-state index contributed by atoms with van der Waals surface area (Å²) in [5.74, 6) is 1.20. The molecule has 0 aliphatic heterocycles. The second-order valence-corrected chi connectivity index (χ2v) is 7.83. The summed E-state index contributed by atoms with van der Waals surface area (Å²) < 4.78 is 0. The van der Waals surface area contributed by atoms with E-state index < -0.39 is 0 Å². The van der Waals surface area contributed by atoms with Crippen LogP contribution in [0.15, 0.2) is 24.3 Å². The van der Waals surface area contributed by atoms with Gasteiger partial charge in [0.15, 0.2) is 0 Å². The Kier molecular flexibility index (Phi) is 3.08. The molecule has 20 heavy (non-hydrogen) atoms. The molecule has 0 N–H and O–H groups in total. The van der Waals surface area contributed by atoms with Crippen LogP contribution in [0, 0.1) is 16.7 Å². The zero-order chi connectivity index (χ0) is 14.5. The number of rotatable bonds is 3. The quantitative estimate of drug-likeness (QED) is 0.774. The zero-order valence-electron chi connectivity index (χ0n) is 13.2. The summed E-state index contributed by atoms with van der Waals surface area (Å²) in [4.78, 5) is 12.7. The van der Waals surface area contributed by atoms with Crippen molar-refractivity contribution in [3.05, 3.63) is 35.4 Å². The van der Waals surface area contributed by atoms with Crippen LogP contribution in [0.1, 0.15) is 64.0 Å². The molecule has 0 aromatic heterocycles. The Bertz CT molecular complexity index is 524. The van der Waals surface area contributed by atoms with E-state index in [0.717, 1.165) is 6.42 Å². The molecule has 108 valence electrons. The Balaban J connectivity index is 1.76. The van der Waals surface area contributed by atoms with E-state index in [-0.39, 0.29) is 16.7 Å². The van der Waals surface area contributed by atoms with Gasteiger partial charge in [-0.1, -0.05) is 52.0 Å². The largest absolute Gasteiger partial charge is 0.299 e. The van der Waals surface area contributed by atoms with Crippen LogP contribution < -0.4 is 0 Å². The minimum absolute atomic E-state index is 0.179. The van der Waals surface area contributed by atoms with Crippen LogP contribution in [0.2, 0.25) is 0 Å². The molecule has 0 amide bonds. The maximum Gasteiger partial charge on any atom is 0.137 e. The Morgan fingerprint density at radius 3 is 2.45 bits per heavy atom. The molecule has 2 aliphatic carbocycles. The van der Waals surface area contributed by atoms with Crippen LogP contribution in [-0.4, -0.2) is 5.78 Å². The van der Waals surface area contributed by atoms with E-state index in [4.69, 9.17) is 0 Å². The van der Waals surface area contributed by atoms with E-state index in [1.807, 2.05) is 0 Å². The molecule has 1 aromatic carbocycles. The lowest BCUT2D eigenvalue weighted by Gasteiger charge is -2.25. The van der Waals surface area contributed by atoms with E-state index in [9.17, 15) is 4.79 Å². The van der Waals surface area contributed by atoms with E-state index in [0.29, 0.717) is 11.7 Å². The number of aryl methyl sites for hydroxylation is 1. The molecule has 2 aliphatic rings. The van der Waals surface area contributed by atoms with Crippen LogP contribution in [0.5, 0.6) is 0 Å². The molecule has 0 bridgehead atoms. The molecule has 1 aromatic rings. The first kappa shape index (κ1) is 13.9. The van der Waals surface area contributed by atoms with Crippen molar-refractivity contribution in [2.45, 2.75) is 59.3 Å². The fourth-order valence-electron chi connectivity index (χ4n) is 4.43. The standard InChI is InChI=1S/C19H26O/c1-18(2)17(19(18,3)4)16(20)12-14-10-7-9-13-8-5-6-11-15(13)14/h5-6,8,11,14,17H,7,9-10,12H2,1-4H3. The van der Waals surface area contributed by atoms with Crippen molar-refractivity contribution in [1.29, 1.82) is 0 Å². The number of fused-ring (bicyclic) bond motifs is 1. The number of carbonyl (C=O) groups excluding carboxylic acids is 1. The minimum Gasteiger partial charge on any atom is -0.299 e. The monoisotopic (exact) mass is 270 g/mol. The molecular formula is C19H26O. The number of hydrogen-bond donors (Lipinski definition) is 0. The van der Waals surface area contributed by atoms with Crippen molar-refractivity contribution >= 4 is 5.78 Å². The average Bonchev–Trinajstić information content (AvgIpc) is 2.80. The first-order chi connectivity index (χ1) is 9.35. The molecule has 1 saturated carbocycles. The van der Waals surface area contributed by atoms with Crippen LogP contribution in [0.4, 0.5) is 0 Å². The van der Waals surface area contributed by atoms with Gasteiger partial charge in [0.05, 0.1) is 0 Å². The molecule has 3 rings (SSSR count). The lowest BCUT2D eigenvalue weighted by molar-refractivity contribution is -0.121. The van der Waals surface area contributed by atoms with Crippen LogP contribution in [-0.2, 0) is 11.2 Å². The molecule has 0 heterocycles. The van der Waals surface area contributed by atoms with Crippen molar-refractivity contribution in [1.82, 2.24) is 0 Å². The van der Waals surface area contributed by atoms with E-state index >= 15 is 0 Å². The van der Waals surface area contributed by atoms with Crippen LogP contribution in [0.25, 0.3) is 0 Å². The number of carbonyl (C=O) groups is 1. The predicted octanol–water partition coefficient (Wildman–Crippen LogP) is 4.75. The molecule has 0 radical (unpaired) electrons. The topological polar surface area (TPSA) is 17.1 Å². The summed E-state index contributed by atoms with van der Waals surface area (Å²) >= 11 is 0. The molecular weight excluding hydrogens is 244 g/mol. The predicted molar refractivity (Wildman–Crippen MR) is 82.8 cm³/mol. The van der Waals surface area contributed by atoms with Crippen LogP contribution in [0.3, 0.4) is 0 Å². The van der Waals surface area contributed by atoms with Crippen molar-refractivity contribution in [3.63, 3.8) is 0 Å². The molecule has 1 fully saturated rings. The van der Waals surface area contributed by atoms with Gasteiger partial charge in [0, 0.05) is 12.3 Å². The normalized spacial score (nSPS) is 26.9. The molecule has 0 spiro atoms. The molecule has 1 heteroatoms. The smallest absolute Gasteiger partial charge is 0.137 e. The third-order valence-corrected chi connectivity index (χ3v) is 6.28. The number of benzene rings is 1. The fraction of sp³-hybridized carbons (Fsp3) is 0.632. The van der Waals surface area contributed by atoms with Gasteiger partial charge in [0.2, 0.25) is 0 Å². The van der Waals surface area contributed by atoms with Gasteiger partial charge in [0.1, 0.15) is 5.78 Å². The minimum atomic E-state index is 0.179. The van der Waals surface area contributed by atoms with Crippen molar-refractivity contribution < 1.29 is 4.79 Å². The summed E-state index contributed by atoms with van der Waals surface area (Å²) in [6.45, 7) is 8.96. The van der Waals surface area contributed by atoms with Crippen molar-refractivity contribution in [3.8, 4) is 0 Å². The van der Waals surface area contributed by atoms with Gasteiger partial charge in [-0.2, -0.15) is 0 Å². The summed E-state index contributed by atoms with van der Waals surface area (Å²) in [6.07, 6.45) is 4.33. The van der Waals surface area contributed by atoms with Gasteiger partial charge in [-0.15, -0.1) is 0 Å². The van der Waals surface area contributed by atoms with Gasteiger partial charge in [-0.25, -0.2) is 0 Å². The van der Waals surface area contributed by atoms with Crippen molar-refractivity contribution in [2.24, 2.45) is 16.7 Å². The highest BCUT2D eigenvalue weighted by atomic mass is 16.1. The van der Waals surface area contributed by atoms with Gasteiger partial charge in [0.25, 0.3) is 0 Å². The van der Waals surface area contributed by atoms with E-state index in [1.165, 1.54) is 30.4 Å². The highest BCUT2D eigenvalue weighted by Gasteiger charge is 2.67. The van der Waals surface area contributed by atoms with E-state index in [2.05, 4.69) is 52.0 Å². The Labute approximate surface area is 122 Å². The maximum atomic E-state index is 12.7. The number of hydrogen-bond acceptors (Lipinski definition) is 1. The van der Waals surface area contributed by atoms with Gasteiger partial charge in [-0.3, -0.25) is 4.79 Å². The van der Waals surface area contributed by atoms with Gasteiger partial charge < -0.3 is 0 Å². The zero-order valence-corrected chi connectivity index (χ0v) is 13.2. The third-order valence-electron chi connectivity index (χ3n) is 6.28. The molecule has 1 atom stereocenters. The molecule has 1 nitrogen and oxygen atoms in total. The summed E-state index contributed by atoms with van der Waals surface area (Å²) in [7, 11) is 0. The highest BCUT2D eigenvalue weighted by Crippen LogP contribution is 2.69. The third kappa shape index (κ3) is 1.94. The highest BCUT2D eigenvalue weighted by molar-refractivity contribution is 5.87. The second kappa shape index (κ2) is 4.44. The average molecular weight is 270 g/mol. The SMILES string of the molecule is CC1(C)C(C(=O)CC2CCCc3ccccc32)C1(C)C. The lowest BCUT2D eigenvalue weighted by atomic mass is 9.79. The second-order valence-electron chi connectivity index (χ2n) is 7.83. The van der Waals surface area contributed by atoms with Crippen LogP contribution >= 0.6 is 0 Å². The molecule has 1 unspecified atom stereocenters. The first-order valence-electron chi connectivity index (χ1n) is 7.96. The first-order valence-corrected chi connectivity index (χ1v) is 7.96. The van der Waals surface area contributed by atoms with Crippen molar-refractivity contribution in [2.75, 3.05) is 0 Å². The Morgan fingerprint density at radius 1 is 1.15 bits per heavy atom. The summed E-state index contributed by atoms with van der Waals surface area (Å²) in [5, 5.41) is 0.